The zero-order valence-corrected chi connectivity index (χ0v) is 32.2. The summed E-state index contributed by atoms with van der Waals surface area (Å²) in [5, 5.41) is 26.2. The molecule has 2 N–H and O–H groups in total. The number of carboxylic acids is 2. The van der Waals surface area contributed by atoms with Gasteiger partial charge in [0, 0.05) is 24.9 Å². The molecule has 10 heteroatoms. The first-order chi connectivity index (χ1) is 19.1. The molecule has 0 fully saturated rings. The molecule has 0 aromatic rings. The molecule has 42 heavy (non-hydrogen) atoms. The fourth-order valence-electron chi connectivity index (χ4n) is 4.14. The van der Waals surface area contributed by atoms with Crippen molar-refractivity contribution < 1.29 is 88.5 Å². The number of hydrogen-bond donors (Lipinski definition) is 2. The van der Waals surface area contributed by atoms with Gasteiger partial charge in [-0.2, -0.15) is 0 Å². The molecule has 0 aromatic carbocycles. The number of carboxylic acid groups (broad SMARTS) is 2. The summed E-state index contributed by atoms with van der Waals surface area (Å²) in [6.07, 6.45) is 23.2. The number of hydrogen-bond acceptors (Lipinski definition) is 8. The molecule has 0 aromatic heterocycles. The smallest absolute Gasteiger partial charge is 0.548 e. The Labute approximate surface area is 301 Å². The Morgan fingerprint density at radius 1 is 0.476 bits per heavy atom. The molecule has 0 heterocycles. The number of nitrogens with one attached hydrogen (secondary N) is 2. The zero-order valence-electron chi connectivity index (χ0n) is 28.2. The summed E-state index contributed by atoms with van der Waals surface area (Å²) in [6.45, 7) is 7.68. The number of aliphatic carboxylic acids is 2. The van der Waals surface area contributed by atoms with Crippen LogP contribution in [0.1, 0.15) is 156 Å². The molecule has 0 bridgehead atoms. The third-order valence-corrected chi connectivity index (χ3v) is 7.04. The number of ketones is 2. The summed E-state index contributed by atoms with van der Waals surface area (Å²) in [5.74, 6) is -2.16. The summed E-state index contributed by atoms with van der Waals surface area (Å²) in [7, 11) is 0. The van der Waals surface area contributed by atoms with Crippen molar-refractivity contribution in [1.29, 1.82) is 0 Å². The Hall–Kier alpha value is 0.200. The Bertz CT molecular complexity index is 598. The van der Waals surface area contributed by atoms with E-state index in [4.69, 9.17) is 0 Å². The van der Waals surface area contributed by atoms with Crippen LogP contribution in [0.15, 0.2) is 0 Å². The van der Waals surface area contributed by atoms with Gasteiger partial charge in [0.15, 0.2) is 0 Å². The first-order valence-electron chi connectivity index (χ1n) is 16.1. The van der Waals surface area contributed by atoms with E-state index in [-0.39, 0.29) is 83.8 Å². The van der Waals surface area contributed by atoms with Crippen molar-refractivity contribution in [2.75, 3.05) is 13.1 Å². The molecular weight excluding hydrogens is 554 g/mol. The van der Waals surface area contributed by atoms with Gasteiger partial charge in [-0.1, -0.05) is 117 Å². The van der Waals surface area contributed by atoms with E-state index in [1.54, 1.807) is 0 Å². The molecule has 2 atom stereocenters. The first kappa shape index (κ1) is 49.1. The molecule has 0 unspecified atom stereocenters. The van der Waals surface area contributed by atoms with E-state index in [0.717, 1.165) is 25.7 Å². The van der Waals surface area contributed by atoms with Crippen LogP contribution in [-0.4, -0.2) is 48.7 Å². The van der Waals surface area contributed by atoms with Gasteiger partial charge in [-0.25, -0.2) is 0 Å². The maximum atomic E-state index is 11.5. The van der Waals surface area contributed by atoms with E-state index >= 15 is 0 Å². The van der Waals surface area contributed by atoms with E-state index < -0.39 is 24.0 Å². The quantitative estimate of drug-likeness (QED) is 0.0796. The number of carbonyl (C=O) groups excluding carboxylic acids is 4. The molecule has 0 amide bonds. The zero-order chi connectivity index (χ0) is 30.4. The van der Waals surface area contributed by atoms with E-state index in [1.165, 1.54) is 104 Å². The normalized spacial score (nSPS) is 11.7. The Kier molecular flexibility index (Phi) is 43.7. The van der Waals surface area contributed by atoms with Gasteiger partial charge >= 0.3 is 59.1 Å². The van der Waals surface area contributed by atoms with Crippen LogP contribution in [0, 0.1) is 0 Å². The van der Waals surface area contributed by atoms with E-state index in [1.807, 2.05) is 0 Å². The molecule has 236 valence electrons. The first-order valence-corrected chi connectivity index (χ1v) is 16.1. The van der Waals surface area contributed by atoms with Crippen molar-refractivity contribution in [3.05, 3.63) is 0 Å². The van der Waals surface area contributed by atoms with Crippen molar-refractivity contribution in [1.82, 2.24) is 10.6 Å². The van der Waals surface area contributed by atoms with Crippen molar-refractivity contribution in [3.63, 3.8) is 0 Å². The molecule has 0 radical (unpaired) electrons. The van der Waals surface area contributed by atoms with Gasteiger partial charge in [0.25, 0.3) is 0 Å². The molecule has 0 aliphatic rings. The number of Topliss-reactive ketones (excluding diaryl/α,β-unsaturated/α-hetero) is 2. The van der Waals surface area contributed by atoms with Gasteiger partial charge in [0.1, 0.15) is 11.6 Å². The summed E-state index contributed by atoms with van der Waals surface area (Å²) >= 11 is 0. The monoisotopic (exact) mass is 614 g/mol. The van der Waals surface area contributed by atoms with E-state index in [9.17, 15) is 29.4 Å². The molecule has 0 aliphatic carbocycles. The molecule has 8 nitrogen and oxygen atoms in total. The van der Waals surface area contributed by atoms with Gasteiger partial charge in [-0.15, -0.1) is 0 Å². The van der Waals surface area contributed by atoms with Crippen molar-refractivity contribution in [2.24, 2.45) is 0 Å². The molecule has 0 rings (SSSR count). The maximum absolute atomic E-state index is 11.5. The third kappa shape index (κ3) is 38.2. The van der Waals surface area contributed by atoms with Crippen molar-refractivity contribution >= 4 is 23.5 Å². The molecule has 0 saturated heterocycles. The SMILES string of the molecule is CCCCCCCCCCCC(=O)CN[C@@H](C)C(=O)[O-].CCCCCCCCCCCC(=O)CN[C@@H](C)C(=O)[O-].[Na+].[Na+]. The molecule has 0 saturated carbocycles. The average Bonchev–Trinajstić information content (AvgIpc) is 2.92. The minimum absolute atomic E-state index is 0. The minimum Gasteiger partial charge on any atom is -0.548 e. The minimum atomic E-state index is -1.17. The van der Waals surface area contributed by atoms with E-state index in [0.29, 0.717) is 12.8 Å². The predicted octanol–water partition coefficient (Wildman–Crippen LogP) is -1.58. The largest absolute Gasteiger partial charge is 1.00 e. The Balaban J connectivity index is -0.000000328. The van der Waals surface area contributed by atoms with E-state index in [2.05, 4.69) is 24.5 Å². The maximum Gasteiger partial charge on any atom is 1.00 e. The second kappa shape index (κ2) is 37.4. The number of carbonyl (C=O) groups is 4. The van der Waals surface area contributed by atoms with Gasteiger partial charge < -0.3 is 30.4 Å². The number of unbranched alkanes of at least 4 members (excludes halogenated alkanes) is 16. The van der Waals surface area contributed by atoms with Crippen LogP contribution in [-0.2, 0) is 19.2 Å². The summed E-state index contributed by atoms with van der Waals surface area (Å²) in [4.78, 5) is 43.9. The predicted molar refractivity (Wildman–Crippen MR) is 159 cm³/mol. The van der Waals surface area contributed by atoms with Crippen LogP contribution in [0.2, 0.25) is 0 Å². The van der Waals surface area contributed by atoms with Crippen LogP contribution in [0.4, 0.5) is 0 Å². The molecular formula is C32H60N2Na2O6. The fraction of sp³-hybridized carbons (Fsp3) is 0.875. The van der Waals surface area contributed by atoms with Gasteiger partial charge in [0.2, 0.25) is 0 Å². The van der Waals surface area contributed by atoms with Crippen LogP contribution in [0.25, 0.3) is 0 Å². The van der Waals surface area contributed by atoms with Crippen LogP contribution < -0.4 is 80.0 Å². The van der Waals surface area contributed by atoms with Crippen LogP contribution in [0.3, 0.4) is 0 Å². The van der Waals surface area contributed by atoms with Crippen LogP contribution in [0.5, 0.6) is 0 Å². The van der Waals surface area contributed by atoms with Gasteiger partial charge in [0.05, 0.1) is 25.0 Å². The van der Waals surface area contributed by atoms with Gasteiger partial charge in [-0.3, -0.25) is 9.59 Å². The summed E-state index contributed by atoms with van der Waals surface area (Å²) < 4.78 is 0. The summed E-state index contributed by atoms with van der Waals surface area (Å²) in [5.41, 5.74) is 0. The van der Waals surface area contributed by atoms with Crippen molar-refractivity contribution in [2.45, 2.75) is 168 Å². The summed E-state index contributed by atoms with van der Waals surface area (Å²) in [6, 6.07) is -1.52. The molecule has 0 spiro atoms. The second-order valence-corrected chi connectivity index (χ2v) is 11.1. The standard InChI is InChI=1S/2C16H31NO3.2Na/c2*1-3-4-5-6-7-8-9-10-11-12-15(18)13-17-14(2)16(19)20;;/h2*14,17H,3-13H2,1-2H3,(H,19,20);;/q;;2*+1/p-2/t2*14-;;/m00../s1. The second-order valence-electron chi connectivity index (χ2n) is 11.1. The number of rotatable bonds is 28. The Morgan fingerprint density at radius 3 is 0.952 bits per heavy atom. The van der Waals surface area contributed by atoms with Gasteiger partial charge in [-0.05, 0) is 26.7 Å². The third-order valence-electron chi connectivity index (χ3n) is 7.04. The molecule has 0 aliphatic heterocycles. The van der Waals surface area contributed by atoms with Crippen LogP contribution >= 0.6 is 0 Å². The Morgan fingerprint density at radius 2 is 0.714 bits per heavy atom. The van der Waals surface area contributed by atoms with Crippen molar-refractivity contribution in [3.8, 4) is 0 Å². The topological polar surface area (TPSA) is 138 Å². The fourth-order valence-corrected chi connectivity index (χ4v) is 4.14. The average molecular weight is 615 g/mol.